The van der Waals surface area contributed by atoms with Crippen molar-refractivity contribution in [1.29, 1.82) is 0 Å². The van der Waals surface area contributed by atoms with Gasteiger partial charge in [0.25, 0.3) is 0 Å². The Morgan fingerprint density at radius 1 is 1.04 bits per heavy atom. The lowest BCUT2D eigenvalue weighted by atomic mass is 10.0. The zero-order valence-corrected chi connectivity index (χ0v) is 13.9. The van der Waals surface area contributed by atoms with Gasteiger partial charge >= 0.3 is 0 Å². The molecule has 0 saturated carbocycles. The summed E-state index contributed by atoms with van der Waals surface area (Å²) in [6.45, 7) is 1.47. The number of anilines is 1. The van der Waals surface area contributed by atoms with Crippen LogP contribution in [0.2, 0.25) is 0 Å². The first-order valence-electron chi connectivity index (χ1n) is 7.01. The normalized spacial score (nSPS) is 10.6. The number of nitrogens with zero attached hydrogens (tertiary/aromatic N) is 1. The summed E-state index contributed by atoms with van der Waals surface area (Å²) >= 11 is 1.46. The van der Waals surface area contributed by atoms with Crippen molar-refractivity contribution in [1.82, 2.24) is 4.98 Å². The minimum Gasteiger partial charge on any atom is -0.493 e. The van der Waals surface area contributed by atoms with E-state index in [2.05, 4.69) is 10.3 Å². The van der Waals surface area contributed by atoms with Gasteiger partial charge in [-0.3, -0.25) is 4.79 Å². The minimum absolute atomic E-state index is 0.121. The van der Waals surface area contributed by atoms with Crippen molar-refractivity contribution in [2.24, 2.45) is 0 Å². The Morgan fingerprint density at radius 2 is 1.74 bits per heavy atom. The maximum Gasteiger partial charge on any atom is 0.223 e. The number of thiazole rings is 1. The Kier molecular flexibility index (Phi) is 4.16. The number of hydrogen-bond acceptors (Lipinski definition) is 5. The van der Waals surface area contributed by atoms with Gasteiger partial charge in [0.1, 0.15) is 0 Å². The largest absolute Gasteiger partial charge is 0.493 e. The summed E-state index contributed by atoms with van der Waals surface area (Å²) in [7, 11) is 3.23. The molecule has 0 fully saturated rings. The summed E-state index contributed by atoms with van der Waals surface area (Å²) in [5.41, 5.74) is 2.89. The number of methoxy groups -OCH3 is 2. The molecule has 0 aliphatic rings. The van der Waals surface area contributed by atoms with Gasteiger partial charge in [0.2, 0.25) is 5.91 Å². The van der Waals surface area contributed by atoms with Crippen molar-refractivity contribution >= 4 is 32.6 Å². The summed E-state index contributed by atoms with van der Waals surface area (Å²) in [6, 6.07) is 11.8. The second kappa shape index (κ2) is 6.26. The van der Waals surface area contributed by atoms with Gasteiger partial charge in [-0.2, -0.15) is 0 Å². The number of aromatic nitrogens is 1. The first-order chi connectivity index (χ1) is 11.1. The lowest BCUT2D eigenvalue weighted by Crippen LogP contribution is -2.04. The number of rotatable bonds is 4. The smallest absolute Gasteiger partial charge is 0.223 e. The van der Waals surface area contributed by atoms with Crippen LogP contribution < -0.4 is 14.8 Å². The summed E-state index contributed by atoms with van der Waals surface area (Å²) in [5.74, 6) is 1.26. The number of nitrogens with one attached hydrogen (secondary N) is 1. The molecule has 118 valence electrons. The molecule has 0 aliphatic heterocycles. The number of amides is 1. The molecule has 0 bridgehead atoms. The van der Waals surface area contributed by atoms with Gasteiger partial charge in [0.05, 0.1) is 24.4 Å². The van der Waals surface area contributed by atoms with Gasteiger partial charge in [-0.1, -0.05) is 23.5 Å². The van der Waals surface area contributed by atoms with Gasteiger partial charge in [0.15, 0.2) is 16.6 Å². The molecule has 5 nitrogen and oxygen atoms in total. The standard InChI is InChI=1S/C17H16N2O3S/c1-10(20)18-17-19-13-8-11(5-7-16(13)23-17)12-4-6-14(21-2)15(9-12)22-3/h4-9H,1-3H3,(H,18,19,20). The molecule has 3 aromatic rings. The van der Waals surface area contributed by atoms with Crippen LogP contribution in [0.5, 0.6) is 11.5 Å². The third kappa shape index (κ3) is 3.12. The Labute approximate surface area is 137 Å². The number of ether oxygens (including phenoxy) is 2. The van der Waals surface area contributed by atoms with Gasteiger partial charge < -0.3 is 14.8 Å². The molecule has 23 heavy (non-hydrogen) atoms. The highest BCUT2D eigenvalue weighted by Crippen LogP contribution is 2.34. The number of carbonyl (C=O) groups is 1. The molecule has 0 atom stereocenters. The van der Waals surface area contributed by atoms with Crippen LogP contribution in [0.1, 0.15) is 6.92 Å². The summed E-state index contributed by atoms with van der Waals surface area (Å²) in [5, 5.41) is 3.33. The molecule has 0 unspecified atom stereocenters. The molecule has 0 spiro atoms. The van der Waals surface area contributed by atoms with Crippen LogP contribution in [0.4, 0.5) is 5.13 Å². The topological polar surface area (TPSA) is 60.5 Å². The Bertz CT molecular complexity index is 873. The van der Waals surface area contributed by atoms with E-state index in [1.807, 2.05) is 36.4 Å². The predicted molar refractivity (Wildman–Crippen MR) is 92.5 cm³/mol. The van der Waals surface area contributed by atoms with Crippen LogP contribution in [0.25, 0.3) is 21.3 Å². The van der Waals surface area contributed by atoms with Crippen molar-refractivity contribution < 1.29 is 14.3 Å². The van der Waals surface area contributed by atoms with Gasteiger partial charge in [0, 0.05) is 6.92 Å². The fourth-order valence-corrected chi connectivity index (χ4v) is 3.22. The van der Waals surface area contributed by atoms with Crippen LogP contribution in [0, 0.1) is 0 Å². The van der Waals surface area contributed by atoms with Crippen LogP contribution >= 0.6 is 11.3 Å². The average molecular weight is 328 g/mol. The van der Waals surface area contributed by atoms with Gasteiger partial charge in [-0.15, -0.1) is 0 Å². The number of benzene rings is 2. The summed E-state index contributed by atoms with van der Waals surface area (Å²) in [4.78, 5) is 15.6. The van der Waals surface area contributed by atoms with Gasteiger partial charge in [-0.25, -0.2) is 4.98 Å². The molecule has 1 aromatic heterocycles. The maximum absolute atomic E-state index is 11.1. The Morgan fingerprint density at radius 3 is 2.43 bits per heavy atom. The number of hydrogen-bond donors (Lipinski definition) is 1. The van der Waals surface area contributed by atoms with Crippen LogP contribution in [0.15, 0.2) is 36.4 Å². The quantitative estimate of drug-likeness (QED) is 0.788. The molecular formula is C17H16N2O3S. The second-order valence-electron chi connectivity index (χ2n) is 4.95. The Hall–Kier alpha value is -2.60. The molecule has 6 heteroatoms. The molecule has 3 rings (SSSR count). The second-order valence-corrected chi connectivity index (χ2v) is 5.98. The highest BCUT2D eigenvalue weighted by atomic mass is 32.1. The molecule has 1 amide bonds. The molecule has 0 radical (unpaired) electrons. The van der Waals surface area contributed by atoms with E-state index in [1.54, 1.807) is 14.2 Å². The van der Waals surface area contributed by atoms with Crippen LogP contribution in [0.3, 0.4) is 0 Å². The Balaban J connectivity index is 2.01. The van der Waals surface area contributed by atoms with Crippen molar-refractivity contribution in [3.05, 3.63) is 36.4 Å². The van der Waals surface area contributed by atoms with E-state index in [-0.39, 0.29) is 5.91 Å². The van der Waals surface area contributed by atoms with Crippen molar-refractivity contribution in [2.45, 2.75) is 6.92 Å². The maximum atomic E-state index is 11.1. The molecule has 1 N–H and O–H groups in total. The number of fused-ring (bicyclic) bond motifs is 1. The van der Waals surface area contributed by atoms with Crippen molar-refractivity contribution in [3.63, 3.8) is 0 Å². The fraction of sp³-hybridized carbons (Fsp3) is 0.176. The third-order valence-corrected chi connectivity index (χ3v) is 4.34. The van der Waals surface area contributed by atoms with E-state index in [0.717, 1.165) is 21.3 Å². The lowest BCUT2D eigenvalue weighted by molar-refractivity contribution is -0.114. The lowest BCUT2D eigenvalue weighted by Gasteiger charge is -2.09. The average Bonchev–Trinajstić information content (AvgIpc) is 2.94. The van der Waals surface area contributed by atoms with E-state index in [0.29, 0.717) is 16.6 Å². The molecular weight excluding hydrogens is 312 g/mol. The zero-order valence-electron chi connectivity index (χ0n) is 13.0. The van der Waals surface area contributed by atoms with Crippen molar-refractivity contribution in [2.75, 3.05) is 19.5 Å². The molecule has 2 aromatic carbocycles. The minimum atomic E-state index is -0.121. The highest BCUT2D eigenvalue weighted by molar-refractivity contribution is 7.22. The van der Waals surface area contributed by atoms with Crippen molar-refractivity contribution in [3.8, 4) is 22.6 Å². The fourth-order valence-electron chi connectivity index (χ4n) is 2.33. The predicted octanol–water partition coefficient (Wildman–Crippen LogP) is 3.94. The van der Waals surface area contributed by atoms with E-state index in [9.17, 15) is 4.79 Å². The molecule has 1 heterocycles. The summed E-state index contributed by atoms with van der Waals surface area (Å²) < 4.78 is 11.6. The SMILES string of the molecule is COc1ccc(-c2ccc3sc(NC(C)=O)nc3c2)cc1OC. The van der Waals surface area contributed by atoms with E-state index >= 15 is 0 Å². The van der Waals surface area contributed by atoms with Gasteiger partial charge in [-0.05, 0) is 35.4 Å². The number of carbonyl (C=O) groups excluding carboxylic acids is 1. The molecule has 0 aliphatic carbocycles. The third-order valence-electron chi connectivity index (χ3n) is 3.39. The van der Waals surface area contributed by atoms with Crippen LogP contribution in [-0.4, -0.2) is 25.1 Å². The van der Waals surface area contributed by atoms with E-state index < -0.39 is 0 Å². The molecule has 0 saturated heterocycles. The highest BCUT2D eigenvalue weighted by Gasteiger charge is 2.09. The first kappa shape index (κ1) is 15.3. The van der Waals surface area contributed by atoms with E-state index in [1.165, 1.54) is 18.3 Å². The first-order valence-corrected chi connectivity index (χ1v) is 7.83. The van der Waals surface area contributed by atoms with E-state index in [4.69, 9.17) is 9.47 Å². The van der Waals surface area contributed by atoms with Crippen LogP contribution in [-0.2, 0) is 4.79 Å². The summed E-state index contributed by atoms with van der Waals surface area (Å²) in [6.07, 6.45) is 0. The zero-order chi connectivity index (χ0) is 16.4. The monoisotopic (exact) mass is 328 g/mol.